The monoisotopic (exact) mass is 529 g/mol. The van der Waals surface area contributed by atoms with Gasteiger partial charge in [0.25, 0.3) is 0 Å². The molecular formula is C32H51NO5. The van der Waals surface area contributed by atoms with Gasteiger partial charge in [0.15, 0.2) is 0 Å². The summed E-state index contributed by atoms with van der Waals surface area (Å²) in [4.78, 5) is 13.5. The molecule has 2 aliphatic heterocycles. The minimum absolute atomic E-state index is 0.0373. The average Bonchev–Trinajstić information content (AvgIpc) is 3.49. The van der Waals surface area contributed by atoms with Gasteiger partial charge in [-0.3, -0.25) is 4.79 Å². The number of nitrogens with zero attached hydrogens (tertiary/aromatic N) is 1. The molecule has 3 aliphatic rings. The zero-order valence-electron chi connectivity index (χ0n) is 24.5. The smallest absolute Gasteiger partial charge is 0.305 e. The Morgan fingerprint density at radius 3 is 2.58 bits per heavy atom. The summed E-state index contributed by atoms with van der Waals surface area (Å²) in [6.07, 6.45) is 15.7. The van der Waals surface area contributed by atoms with Crippen LogP contribution in [0.2, 0.25) is 0 Å². The second-order valence-electron chi connectivity index (χ2n) is 11.9. The number of aliphatic hydroxyl groups is 1. The molecule has 0 aromatic carbocycles. The lowest BCUT2D eigenvalue weighted by Crippen LogP contribution is -2.54. The lowest BCUT2D eigenvalue weighted by molar-refractivity contribution is -0.154. The van der Waals surface area contributed by atoms with Crippen LogP contribution in [0.25, 0.3) is 0 Å². The summed E-state index contributed by atoms with van der Waals surface area (Å²) in [6.45, 7) is 14.0. The molecule has 0 aromatic rings. The number of hydrogen-bond donors (Lipinski definition) is 2. The van der Waals surface area contributed by atoms with Crippen molar-refractivity contribution in [2.75, 3.05) is 13.6 Å². The molecule has 6 nitrogen and oxygen atoms in total. The molecule has 1 aliphatic carbocycles. The van der Waals surface area contributed by atoms with Gasteiger partial charge in [0.05, 0.1) is 30.8 Å². The van der Waals surface area contributed by atoms with E-state index in [2.05, 4.69) is 76.8 Å². The Labute approximate surface area is 230 Å². The van der Waals surface area contributed by atoms with Crippen molar-refractivity contribution in [3.63, 3.8) is 0 Å². The van der Waals surface area contributed by atoms with Gasteiger partial charge in [0.2, 0.25) is 0 Å². The lowest BCUT2D eigenvalue weighted by Gasteiger charge is -2.42. The Morgan fingerprint density at radius 1 is 1.21 bits per heavy atom. The first kappa shape index (κ1) is 30.8. The zero-order valence-corrected chi connectivity index (χ0v) is 24.5. The van der Waals surface area contributed by atoms with E-state index in [1.807, 2.05) is 13.1 Å². The second kappa shape index (κ2) is 14.1. The molecule has 0 aromatic heterocycles. The fourth-order valence-electron chi connectivity index (χ4n) is 6.18. The topological polar surface area (TPSA) is 79.2 Å². The molecule has 0 unspecified atom stereocenters. The number of likely N-dealkylation sites (N-methyl/N-ethyl adjacent to an activating group) is 1. The van der Waals surface area contributed by atoms with Gasteiger partial charge in [0, 0.05) is 6.04 Å². The predicted octanol–water partition coefficient (Wildman–Crippen LogP) is 5.78. The maximum Gasteiger partial charge on any atom is 0.305 e. The third-order valence-electron chi connectivity index (χ3n) is 8.70. The molecule has 10 atom stereocenters. The summed E-state index contributed by atoms with van der Waals surface area (Å²) in [5.74, 6) is 0.882. The Bertz CT molecular complexity index is 908. The Morgan fingerprint density at radius 2 is 1.92 bits per heavy atom. The number of carboxylic acid groups (broad SMARTS) is 1. The molecular weight excluding hydrogens is 478 g/mol. The maximum atomic E-state index is 11.3. The molecule has 1 saturated carbocycles. The van der Waals surface area contributed by atoms with Gasteiger partial charge in [-0.05, 0) is 87.9 Å². The van der Waals surface area contributed by atoms with Crippen molar-refractivity contribution < 1.29 is 24.5 Å². The number of allylic oxidation sites excluding steroid dienone is 4. The number of aliphatic carboxylic acids is 1. The molecule has 0 bridgehead atoms. The van der Waals surface area contributed by atoms with Crippen molar-refractivity contribution in [3.8, 4) is 0 Å². The summed E-state index contributed by atoms with van der Waals surface area (Å²) >= 11 is 0. The Balaban J connectivity index is 1.58. The minimum atomic E-state index is -0.864. The zero-order chi connectivity index (χ0) is 28.0. The number of carbonyl (C=O) groups is 1. The molecule has 0 amide bonds. The molecule has 0 spiro atoms. The predicted molar refractivity (Wildman–Crippen MR) is 153 cm³/mol. The van der Waals surface area contributed by atoms with Crippen molar-refractivity contribution in [2.45, 2.75) is 110 Å². The van der Waals surface area contributed by atoms with E-state index < -0.39 is 24.3 Å². The maximum absolute atomic E-state index is 11.3. The van der Waals surface area contributed by atoms with Gasteiger partial charge >= 0.3 is 5.97 Å². The van der Waals surface area contributed by atoms with E-state index in [9.17, 15) is 15.0 Å². The summed E-state index contributed by atoms with van der Waals surface area (Å²) < 4.78 is 12.4. The van der Waals surface area contributed by atoms with Crippen LogP contribution >= 0.6 is 0 Å². The van der Waals surface area contributed by atoms with Crippen molar-refractivity contribution in [2.24, 2.45) is 23.7 Å². The van der Waals surface area contributed by atoms with E-state index in [1.165, 1.54) is 11.1 Å². The van der Waals surface area contributed by atoms with Crippen LogP contribution in [0.15, 0.2) is 47.6 Å². The number of rotatable bonds is 12. The van der Waals surface area contributed by atoms with Crippen LogP contribution < -0.4 is 0 Å². The highest BCUT2D eigenvalue weighted by Crippen LogP contribution is 2.48. The van der Waals surface area contributed by atoms with Crippen LogP contribution in [0.4, 0.5) is 0 Å². The third-order valence-corrected chi connectivity index (χ3v) is 8.70. The van der Waals surface area contributed by atoms with Gasteiger partial charge in [0.1, 0.15) is 6.10 Å². The first-order valence-electron chi connectivity index (χ1n) is 14.7. The lowest BCUT2D eigenvalue weighted by atomic mass is 9.92. The van der Waals surface area contributed by atoms with E-state index in [1.54, 1.807) is 0 Å². The number of carboxylic acids is 1. The molecule has 2 heterocycles. The van der Waals surface area contributed by atoms with Crippen LogP contribution in [-0.2, 0) is 14.3 Å². The van der Waals surface area contributed by atoms with E-state index >= 15 is 0 Å². The quantitative estimate of drug-likeness (QED) is 0.312. The summed E-state index contributed by atoms with van der Waals surface area (Å²) in [5, 5.41) is 20.4. The van der Waals surface area contributed by atoms with Crippen molar-refractivity contribution in [1.82, 2.24) is 4.90 Å². The van der Waals surface area contributed by atoms with Crippen LogP contribution in [0.3, 0.4) is 0 Å². The van der Waals surface area contributed by atoms with Crippen molar-refractivity contribution >= 4 is 5.97 Å². The van der Waals surface area contributed by atoms with Gasteiger partial charge in [-0.1, -0.05) is 64.2 Å². The summed E-state index contributed by atoms with van der Waals surface area (Å²) in [6, 6.07) is -0.106. The molecule has 3 rings (SSSR count). The SMILES string of the molecule is CCCN(C)[C@H]1C[C@@H](CC(=O)O)O[C@@H](/C=C/[C@H]2[C@H](C)[C@@H]2/C=C/[C@@H](C)/C=C(\C)[C@H]2CC=C(C)[C@@H](CC)O2)[C@@H]1O. The first-order chi connectivity index (χ1) is 18.0. The number of hydrogen-bond acceptors (Lipinski definition) is 5. The minimum Gasteiger partial charge on any atom is -0.481 e. The Hall–Kier alpha value is -1.73. The molecule has 6 heteroatoms. The molecule has 38 heavy (non-hydrogen) atoms. The number of aliphatic hydroxyl groups excluding tert-OH is 1. The van der Waals surface area contributed by atoms with Crippen LogP contribution in [0.5, 0.6) is 0 Å². The molecule has 0 radical (unpaired) electrons. The molecule has 2 N–H and O–H groups in total. The fraction of sp³-hybridized carbons (Fsp3) is 0.719. The Kier molecular flexibility index (Phi) is 11.4. The van der Waals surface area contributed by atoms with Crippen LogP contribution in [0, 0.1) is 23.7 Å². The number of ether oxygens (including phenoxy) is 2. The molecule has 2 fully saturated rings. The largest absolute Gasteiger partial charge is 0.481 e. The van der Waals surface area contributed by atoms with E-state index in [0.29, 0.717) is 30.1 Å². The van der Waals surface area contributed by atoms with E-state index in [0.717, 1.165) is 25.8 Å². The van der Waals surface area contributed by atoms with Gasteiger partial charge < -0.3 is 24.6 Å². The fourth-order valence-corrected chi connectivity index (χ4v) is 6.18. The van der Waals surface area contributed by atoms with Crippen LogP contribution in [0.1, 0.15) is 73.6 Å². The molecule has 1 saturated heterocycles. The summed E-state index contributed by atoms with van der Waals surface area (Å²) in [7, 11) is 2.00. The summed E-state index contributed by atoms with van der Waals surface area (Å²) in [5.41, 5.74) is 2.64. The standard InChI is InChI=1S/C32H51NO5/c1-8-16-33(7)27-18-24(19-31(34)35)37-30(32(27)36)15-13-26-23(6)25(26)12-10-20(3)17-22(5)29-14-11-21(4)28(9-2)38-29/h10-13,15,17,20,23-30,32,36H,8-9,14,16,18-19H2,1-7H3,(H,34,35)/b12-10+,15-13+,22-17+/t20-,23-,24+,25+,26+,27+,28-,29-,30+,32-/m1/s1. The van der Waals surface area contributed by atoms with E-state index in [4.69, 9.17) is 9.47 Å². The highest BCUT2D eigenvalue weighted by atomic mass is 16.5. The van der Waals surface area contributed by atoms with Crippen molar-refractivity contribution in [1.29, 1.82) is 0 Å². The molecule has 214 valence electrons. The highest BCUT2D eigenvalue weighted by Gasteiger charge is 2.44. The third kappa shape index (κ3) is 8.14. The van der Waals surface area contributed by atoms with Gasteiger partial charge in [-0.15, -0.1) is 0 Å². The van der Waals surface area contributed by atoms with Gasteiger partial charge in [-0.2, -0.15) is 0 Å². The van der Waals surface area contributed by atoms with Crippen molar-refractivity contribution in [3.05, 3.63) is 47.6 Å². The van der Waals surface area contributed by atoms with E-state index in [-0.39, 0.29) is 24.7 Å². The normalized spacial score (nSPS) is 37.1. The van der Waals surface area contributed by atoms with Crippen LogP contribution in [-0.4, -0.2) is 71.2 Å². The first-order valence-corrected chi connectivity index (χ1v) is 14.7. The van der Waals surface area contributed by atoms with Gasteiger partial charge in [-0.25, -0.2) is 0 Å². The average molecular weight is 530 g/mol. The highest BCUT2D eigenvalue weighted by molar-refractivity contribution is 5.67. The second-order valence-corrected chi connectivity index (χ2v) is 11.9.